The number of aliphatic hydroxyl groups excluding tert-OH is 1. The molecule has 0 spiro atoms. The summed E-state index contributed by atoms with van der Waals surface area (Å²) in [7, 11) is 0. The molecule has 2 aromatic carbocycles. The lowest BCUT2D eigenvalue weighted by atomic mass is 9.96. The van der Waals surface area contributed by atoms with Crippen LogP contribution in [-0.2, 0) is 11.2 Å². The molecule has 5 rings (SSSR count). The second-order valence-electron chi connectivity index (χ2n) is 6.32. The second-order valence-corrected chi connectivity index (χ2v) is 6.32. The predicted octanol–water partition coefficient (Wildman–Crippen LogP) is 1.72. The van der Waals surface area contributed by atoms with Crippen LogP contribution in [0.5, 0.6) is 11.5 Å². The zero-order valence-corrected chi connectivity index (χ0v) is 12.6. The van der Waals surface area contributed by atoms with E-state index in [1.165, 1.54) is 6.07 Å². The number of benzene rings is 2. The molecule has 2 aliphatic rings. The standard InChI is InChI=1S/C18H14O6/c19-7-18(8-22-18)14-6-9-11(24-14)4-5-13-15(9)17(21)16-10(20)2-1-3-12(16)23-13/h1-5,14,19-20H,6-8H2/t14-,18-/m0/s1. The molecule has 3 aromatic rings. The van der Waals surface area contributed by atoms with Crippen LogP contribution in [0.4, 0.5) is 0 Å². The Hall–Kier alpha value is -2.57. The number of hydrogen-bond donors (Lipinski definition) is 2. The molecule has 0 aliphatic carbocycles. The third kappa shape index (κ3) is 1.69. The van der Waals surface area contributed by atoms with Crippen LogP contribution in [0.3, 0.4) is 0 Å². The van der Waals surface area contributed by atoms with E-state index in [2.05, 4.69) is 0 Å². The van der Waals surface area contributed by atoms with Gasteiger partial charge < -0.3 is 24.1 Å². The zero-order chi connectivity index (χ0) is 16.5. The van der Waals surface area contributed by atoms with E-state index in [0.717, 1.165) is 5.56 Å². The lowest BCUT2D eigenvalue weighted by Gasteiger charge is -2.16. The monoisotopic (exact) mass is 326 g/mol. The molecule has 0 amide bonds. The lowest BCUT2D eigenvalue weighted by Crippen LogP contribution is -2.37. The van der Waals surface area contributed by atoms with Crippen molar-refractivity contribution in [2.24, 2.45) is 0 Å². The molecule has 6 heteroatoms. The van der Waals surface area contributed by atoms with Crippen LogP contribution >= 0.6 is 0 Å². The van der Waals surface area contributed by atoms with Crippen molar-refractivity contribution in [3.8, 4) is 11.5 Å². The number of aliphatic hydroxyl groups is 1. The summed E-state index contributed by atoms with van der Waals surface area (Å²) in [5.74, 6) is 0.492. The average Bonchev–Trinajstić information content (AvgIpc) is 3.26. The summed E-state index contributed by atoms with van der Waals surface area (Å²) in [6.45, 7) is 0.320. The number of ether oxygens (including phenoxy) is 2. The summed E-state index contributed by atoms with van der Waals surface area (Å²) in [4.78, 5) is 13.0. The highest BCUT2D eigenvalue weighted by Gasteiger charge is 2.55. The summed E-state index contributed by atoms with van der Waals surface area (Å²) < 4.78 is 17.1. The van der Waals surface area contributed by atoms with Crippen molar-refractivity contribution in [2.45, 2.75) is 18.1 Å². The van der Waals surface area contributed by atoms with Crippen LogP contribution in [0.25, 0.3) is 21.9 Å². The van der Waals surface area contributed by atoms with Crippen molar-refractivity contribution in [2.75, 3.05) is 13.2 Å². The van der Waals surface area contributed by atoms with Crippen LogP contribution in [0.2, 0.25) is 0 Å². The van der Waals surface area contributed by atoms with Crippen molar-refractivity contribution in [1.82, 2.24) is 0 Å². The normalized spacial score (nSPS) is 25.0. The van der Waals surface area contributed by atoms with Gasteiger partial charge in [0.2, 0.25) is 5.43 Å². The summed E-state index contributed by atoms with van der Waals surface area (Å²) >= 11 is 0. The largest absolute Gasteiger partial charge is 0.507 e. The molecule has 2 atom stereocenters. The summed E-state index contributed by atoms with van der Waals surface area (Å²) in [5.41, 5.74) is 0.584. The van der Waals surface area contributed by atoms with Crippen molar-refractivity contribution < 1.29 is 24.1 Å². The van der Waals surface area contributed by atoms with Gasteiger partial charge in [-0.1, -0.05) is 6.07 Å². The molecular formula is C18H14O6. The fourth-order valence-corrected chi connectivity index (χ4v) is 3.48. The molecule has 0 saturated carbocycles. The minimum Gasteiger partial charge on any atom is -0.507 e. The van der Waals surface area contributed by atoms with Crippen molar-refractivity contribution in [3.05, 3.63) is 46.1 Å². The van der Waals surface area contributed by atoms with Crippen LogP contribution < -0.4 is 10.2 Å². The molecule has 24 heavy (non-hydrogen) atoms. The smallest absolute Gasteiger partial charge is 0.204 e. The molecule has 0 bridgehead atoms. The van der Waals surface area contributed by atoms with Gasteiger partial charge in [0.05, 0.1) is 18.6 Å². The number of aromatic hydroxyl groups is 1. The van der Waals surface area contributed by atoms with Crippen molar-refractivity contribution >= 4 is 21.9 Å². The highest BCUT2D eigenvalue weighted by Crippen LogP contribution is 2.43. The quantitative estimate of drug-likeness (QED) is 0.550. The van der Waals surface area contributed by atoms with Crippen LogP contribution in [0.1, 0.15) is 5.56 Å². The van der Waals surface area contributed by atoms with Crippen LogP contribution in [-0.4, -0.2) is 35.1 Å². The third-order valence-electron chi connectivity index (χ3n) is 4.94. The average molecular weight is 326 g/mol. The van der Waals surface area contributed by atoms with E-state index < -0.39 is 5.60 Å². The van der Waals surface area contributed by atoms with E-state index in [0.29, 0.717) is 35.3 Å². The Kier molecular flexibility index (Phi) is 2.59. The van der Waals surface area contributed by atoms with Crippen molar-refractivity contribution in [1.29, 1.82) is 0 Å². The van der Waals surface area contributed by atoms with Gasteiger partial charge in [-0.2, -0.15) is 0 Å². The Morgan fingerprint density at radius 2 is 1.96 bits per heavy atom. The first-order valence-electron chi connectivity index (χ1n) is 7.75. The number of epoxide rings is 1. The SMILES string of the molecule is O=c1c2c(O)cccc2oc2ccc3c(c12)C[C@@H]([C@]1(CO)CO1)O3. The summed E-state index contributed by atoms with van der Waals surface area (Å²) in [6.07, 6.45) is 0.124. The summed E-state index contributed by atoms with van der Waals surface area (Å²) in [6, 6.07) is 8.21. The van der Waals surface area contributed by atoms with E-state index in [-0.39, 0.29) is 29.3 Å². The van der Waals surface area contributed by atoms with Gasteiger partial charge in [-0.3, -0.25) is 4.79 Å². The molecule has 122 valence electrons. The van der Waals surface area contributed by atoms with Gasteiger partial charge in [0.15, 0.2) is 5.60 Å². The topological polar surface area (TPSA) is 92.4 Å². The van der Waals surface area contributed by atoms with E-state index in [9.17, 15) is 15.0 Å². The Morgan fingerprint density at radius 1 is 1.17 bits per heavy atom. The molecule has 0 radical (unpaired) electrons. The molecule has 2 aliphatic heterocycles. The molecule has 1 aromatic heterocycles. The molecule has 6 nitrogen and oxygen atoms in total. The first-order chi connectivity index (χ1) is 11.6. The minimum absolute atomic E-state index is 0.103. The first-order valence-corrected chi connectivity index (χ1v) is 7.75. The zero-order valence-electron chi connectivity index (χ0n) is 12.6. The number of fused-ring (bicyclic) bond motifs is 4. The molecule has 1 fully saturated rings. The molecular weight excluding hydrogens is 312 g/mol. The first kappa shape index (κ1) is 13.8. The van der Waals surface area contributed by atoms with Gasteiger partial charge in [0, 0.05) is 12.0 Å². The maximum Gasteiger partial charge on any atom is 0.204 e. The molecule has 1 saturated heterocycles. The number of hydrogen-bond acceptors (Lipinski definition) is 6. The van der Waals surface area contributed by atoms with E-state index in [4.69, 9.17) is 13.9 Å². The third-order valence-corrected chi connectivity index (χ3v) is 4.94. The Labute approximate surface area is 135 Å². The second kappa shape index (κ2) is 4.49. The Balaban J connectivity index is 1.77. The minimum atomic E-state index is -0.676. The van der Waals surface area contributed by atoms with Gasteiger partial charge >= 0.3 is 0 Å². The Bertz CT molecular complexity index is 1050. The van der Waals surface area contributed by atoms with Gasteiger partial charge in [-0.25, -0.2) is 0 Å². The number of phenolic OH excluding ortho intramolecular Hbond substituents is 1. The van der Waals surface area contributed by atoms with Crippen molar-refractivity contribution in [3.63, 3.8) is 0 Å². The maximum absolute atomic E-state index is 13.0. The number of rotatable bonds is 2. The fraction of sp³-hybridized carbons (Fsp3) is 0.278. The Morgan fingerprint density at radius 3 is 2.71 bits per heavy atom. The van der Waals surface area contributed by atoms with Crippen LogP contribution in [0.15, 0.2) is 39.5 Å². The summed E-state index contributed by atoms with van der Waals surface area (Å²) in [5, 5.41) is 20.2. The van der Waals surface area contributed by atoms with Gasteiger partial charge in [0.25, 0.3) is 0 Å². The maximum atomic E-state index is 13.0. The fourth-order valence-electron chi connectivity index (χ4n) is 3.48. The van der Waals surface area contributed by atoms with Gasteiger partial charge in [0.1, 0.15) is 34.2 Å². The lowest BCUT2D eigenvalue weighted by molar-refractivity contribution is 0.0665. The van der Waals surface area contributed by atoms with E-state index >= 15 is 0 Å². The van der Waals surface area contributed by atoms with Gasteiger partial charge in [-0.15, -0.1) is 0 Å². The molecule has 2 N–H and O–H groups in total. The highest BCUT2D eigenvalue weighted by molar-refractivity contribution is 5.95. The number of phenols is 1. The van der Waals surface area contributed by atoms with E-state index in [1.807, 2.05) is 0 Å². The van der Waals surface area contributed by atoms with E-state index in [1.54, 1.807) is 24.3 Å². The molecule has 3 heterocycles. The predicted molar refractivity (Wildman–Crippen MR) is 85.5 cm³/mol. The highest BCUT2D eigenvalue weighted by atomic mass is 16.6. The van der Waals surface area contributed by atoms with Crippen LogP contribution in [0, 0.1) is 0 Å². The molecule has 0 unspecified atom stereocenters. The van der Waals surface area contributed by atoms with Gasteiger partial charge in [-0.05, 0) is 24.3 Å².